The van der Waals surface area contributed by atoms with E-state index in [2.05, 4.69) is 44.2 Å². The summed E-state index contributed by atoms with van der Waals surface area (Å²) in [6.07, 6.45) is 0.866. The van der Waals surface area contributed by atoms with Crippen LogP contribution in [0.3, 0.4) is 0 Å². The number of alkyl halides is 12. The molecule has 390 valence electrons. The van der Waals surface area contributed by atoms with Crippen LogP contribution in [-0.2, 0) is 58.6 Å². The fraction of sp³-hybridized carbons (Fsp3) is 0.435. The summed E-state index contributed by atoms with van der Waals surface area (Å²) in [5.41, 5.74) is 4.82. The Morgan fingerprint density at radius 3 is 0.750 bits per heavy atom. The Morgan fingerprint density at radius 2 is 0.588 bits per heavy atom. The molecule has 4 nitrogen and oxygen atoms in total. The van der Waals surface area contributed by atoms with E-state index in [9.17, 15) is 52.7 Å². The number of aryl methyl sites for hydroxylation is 4. The topological polar surface area (TPSA) is 51.6 Å². The zero-order valence-electron chi connectivity index (χ0n) is 37.0. The number of halogens is 16. The SMILES string of the molecule is C1=CCC/C=C\CC1.FC(F)(F)CCCc1ccnc(-c2cc(CCCC(F)(F)F)ccn2)c1.FC(F)(F)CCCc1ccnc(-c2cc(CCCC(F)(F)F)ccn2)c1.[CH3-].[CH3-].[Cl][Pt+2][Cl].[Cl][Pt][Cl]. The van der Waals surface area contributed by atoms with Crippen molar-refractivity contribution >= 4 is 37.7 Å². The molecular weight excluding hydrogens is 1370 g/mol. The van der Waals surface area contributed by atoms with Gasteiger partial charge < -0.3 is 14.9 Å². The monoisotopic (exact) mass is 1420 g/mol. The Kier molecular flexibility index (Phi) is 37.5. The molecule has 0 bridgehead atoms. The molecule has 1 aliphatic rings. The van der Waals surface area contributed by atoms with Gasteiger partial charge in [-0.1, -0.05) is 24.3 Å². The van der Waals surface area contributed by atoms with Crippen molar-refractivity contribution < 1.29 is 85.6 Å². The van der Waals surface area contributed by atoms with Crippen molar-refractivity contribution in [3.63, 3.8) is 0 Å². The molecule has 0 fully saturated rings. The van der Waals surface area contributed by atoms with E-state index in [1.54, 1.807) is 48.5 Å². The maximum absolute atomic E-state index is 12.2. The van der Waals surface area contributed by atoms with Crippen LogP contribution in [0.2, 0.25) is 0 Å². The van der Waals surface area contributed by atoms with Gasteiger partial charge >= 0.3 is 95.3 Å². The van der Waals surface area contributed by atoms with Crippen molar-refractivity contribution in [2.45, 2.75) is 127 Å². The van der Waals surface area contributed by atoms with Gasteiger partial charge in [0.2, 0.25) is 0 Å². The number of allylic oxidation sites excluding steroid dienone is 4. The molecule has 0 saturated carbocycles. The molecule has 1 aliphatic carbocycles. The van der Waals surface area contributed by atoms with Gasteiger partial charge in [0, 0.05) is 50.5 Å². The molecule has 0 unspecified atom stereocenters. The molecule has 4 aromatic heterocycles. The predicted octanol–water partition coefficient (Wildman–Crippen LogP) is 18.2. The normalized spacial score (nSPS) is 12.9. The molecule has 0 radical (unpaired) electrons. The minimum atomic E-state index is -4.18. The van der Waals surface area contributed by atoms with Gasteiger partial charge in [-0.2, -0.15) is 52.7 Å². The van der Waals surface area contributed by atoms with Crippen molar-refractivity contribution in [2.24, 2.45) is 0 Å². The van der Waals surface area contributed by atoms with Crippen molar-refractivity contribution in [3.05, 3.63) is 135 Å². The second-order valence-corrected chi connectivity index (χ2v) is 20.8. The molecule has 22 heteroatoms. The predicted molar refractivity (Wildman–Crippen MR) is 244 cm³/mol. The summed E-state index contributed by atoms with van der Waals surface area (Å²) in [4.78, 5) is 16.6. The molecule has 0 saturated heterocycles. The van der Waals surface area contributed by atoms with Gasteiger partial charge in [0.05, 0.1) is 22.8 Å². The van der Waals surface area contributed by atoms with E-state index in [0.29, 0.717) is 45.0 Å². The van der Waals surface area contributed by atoms with Crippen LogP contribution >= 0.6 is 37.7 Å². The first-order valence-electron chi connectivity index (χ1n) is 20.1. The van der Waals surface area contributed by atoms with Crippen LogP contribution in [0.5, 0.6) is 0 Å². The van der Waals surface area contributed by atoms with Crippen molar-refractivity contribution in [1.82, 2.24) is 19.9 Å². The standard InChI is InChI=1S/2C18H18F6N2.C8H12.2CH3.4ClH.2Pt/c2*19-17(20,21)7-1-3-13-5-9-25-15(11-13)16-12-14(6-10-26-16)4-2-8-18(22,23)24;1-2-4-6-8-7-5-3-1;;;;;;;;/h2*5-6,9-12H,1-4,7-8H2;1-2,7-8H,3-6H2;2*1H3;4*1H;;/q;;;2*-1;;;;;+2;+4/p-4/b;;2-1-,8-7?;;;;;;;;. The molecule has 0 spiro atoms. The van der Waals surface area contributed by atoms with E-state index < -0.39 is 83.4 Å². The molecule has 4 aromatic rings. The van der Waals surface area contributed by atoms with Crippen LogP contribution in [0.4, 0.5) is 52.7 Å². The third-order valence-electron chi connectivity index (χ3n) is 8.86. The maximum atomic E-state index is 12.2. The van der Waals surface area contributed by atoms with Crippen LogP contribution in [0.1, 0.15) is 99.3 Å². The van der Waals surface area contributed by atoms with Crippen LogP contribution in [0.25, 0.3) is 22.8 Å². The molecule has 0 aromatic carbocycles. The average molecular weight is 1420 g/mol. The molecule has 4 heterocycles. The minimum absolute atomic E-state index is 0. The molecule has 0 amide bonds. The summed E-state index contributed by atoms with van der Waals surface area (Å²) in [7, 11) is 19.5. The Hall–Kier alpha value is -2.22. The van der Waals surface area contributed by atoms with Crippen LogP contribution in [0.15, 0.2) is 97.6 Å². The summed E-state index contributed by atoms with van der Waals surface area (Å²) in [5, 5.41) is 0. The molecule has 68 heavy (non-hydrogen) atoms. The first-order chi connectivity index (χ1) is 31.1. The van der Waals surface area contributed by atoms with Crippen molar-refractivity contribution in [3.8, 4) is 22.8 Å². The number of rotatable bonds is 14. The Labute approximate surface area is 425 Å². The summed E-state index contributed by atoms with van der Waals surface area (Å²) < 4.78 is 147. The van der Waals surface area contributed by atoms with E-state index in [-0.39, 0.29) is 66.2 Å². The molecule has 5 rings (SSSR count). The van der Waals surface area contributed by atoms with E-state index in [1.807, 2.05) is 0 Å². The molecular formula is C46H54Cl4F12N4Pt2. The fourth-order valence-corrected chi connectivity index (χ4v) is 5.91. The van der Waals surface area contributed by atoms with Gasteiger partial charge in [-0.3, -0.25) is 19.9 Å². The zero-order chi connectivity index (χ0) is 49.5. The first kappa shape index (κ1) is 67.9. The fourth-order valence-electron chi connectivity index (χ4n) is 5.91. The zero-order valence-corrected chi connectivity index (χ0v) is 44.6. The molecule has 0 aliphatic heterocycles. The van der Waals surface area contributed by atoms with E-state index in [1.165, 1.54) is 50.5 Å². The summed E-state index contributed by atoms with van der Waals surface area (Å²) in [6.45, 7) is 0. The first-order valence-corrected chi connectivity index (χ1v) is 31.4. The van der Waals surface area contributed by atoms with Crippen molar-refractivity contribution in [1.29, 1.82) is 0 Å². The second kappa shape index (κ2) is 37.5. The Bertz CT molecular complexity index is 1690. The molecule has 0 atom stereocenters. The number of nitrogens with zero attached hydrogens (tertiary/aromatic N) is 4. The van der Waals surface area contributed by atoms with Gasteiger partial charge in [0.15, 0.2) is 0 Å². The van der Waals surface area contributed by atoms with Gasteiger partial charge in [-0.15, -0.1) is 0 Å². The van der Waals surface area contributed by atoms with Crippen LogP contribution < -0.4 is 0 Å². The number of aromatic nitrogens is 4. The number of hydrogen-bond acceptors (Lipinski definition) is 4. The summed E-state index contributed by atoms with van der Waals surface area (Å²) >= 11 is -0.944. The van der Waals surface area contributed by atoms with Gasteiger partial charge in [-0.05, 0) is 148 Å². The quantitative estimate of drug-likeness (QED) is 0.0717. The van der Waals surface area contributed by atoms with Crippen LogP contribution in [-0.4, -0.2) is 44.6 Å². The van der Waals surface area contributed by atoms with Gasteiger partial charge in [-0.25, -0.2) is 0 Å². The third kappa shape index (κ3) is 37.6. The number of pyridine rings is 4. The second-order valence-electron chi connectivity index (χ2n) is 14.3. The van der Waals surface area contributed by atoms with E-state index >= 15 is 0 Å². The average Bonchev–Trinajstić information content (AvgIpc) is 3.20. The van der Waals surface area contributed by atoms with Gasteiger partial charge in [0.1, 0.15) is 0 Å². The van der Waals surface area contributed by atoms with Crippen molar-refractivity contribution in [2.75, 3.05) is 0 Å². The summed E-state index contributed by atoms with van der Waals surface area (Å²) in [5.74, 6) is 0. The third-order valence-corrected chi connectivity index (χ3v) is 8.86. The summed E-state index contributed by atoms with van der Waals surface area (Å²) in [6, 6.07) is 13.2. The molecule has 0 N–H and O–H groups in total. The Morgan fingerprint density at radius 1 is 0.412 bits per heavy atom. The van der Waals surface area contributed by atoms with E-state index in [4.69, 9.17) is 37.7 Å². The van der Waals surface area contributed by atoms with E-state index in [0.717, 1.165) is 0 Å². The Balaban J connectivity index is 0. The van der Waals surface area contributed by atoms with Gasteiger partial charge in [0.25, 0.3) is 0 Å². The van der Waals surface area contributed by atoms with Crippen LogP contribution in [0, 0.1) is 14.9 Å². The number of hydrogen-bond donors (Lipinski definition) is 0.